The number of carbonyl (C=O) groups is 1. The summed E-state index contributed by atoms with van der Waals surface area (Å²) in [4.78, 5) is 13.2. The van der Waals surface area contributed by atoms with Gasteiger partial charge in [-0.3, -0.25) is 4.90 Å². The van der Waals surface area contributed by atoms with Crippen LogP contribution in [0.1, 0.15) is 56.0 Å². The maximum atomic E-state index is 10.8. The third kappa shape index (κ3) is 4.97. The van der Waals surface area contributed by atoms with Crippen LogP contribution >= 0.6 is 0 Å². The standard InChI is InChI=1S/C17H27NO2/c1-5-13(3)11-16(6-2)18(4)12-14-7-9-15(10-8-14)17(19)20/h7-10,13,16H,5-6,11-12H2,1-4H3,(H,19,20). The second-order valence-electron chi connectivity index (χ2n) is 5.73. The average molecular weight is 277 g/mol. The normalized spacial score (nSPS) is 14.2. The molecule has 1 aromatic carbocycles. The Morgan fingerprint density at radius 1 is 1.20 bits per heavy atom. The molecule has 1 N–H and O–H groups in total. The second-order valence-corrected chi connectivity index (χ2v) is 5.73. The summed E-state index contributed by atoms with van der Waals surface area (Å²) in [6, 6.07) is 7.78. The lowest BCUT2D eigenvalue weighted by molar-refractivity contribution is 0.0697. The predicted octanol–water partition coefficient (Wildman–Crippen LogP) is 4.03. The van der Waals surface area contributed by atoms with E-state index in [1.807, 2.05) is 12.1 Å². The molecule has 20 heavy (non-hydrogen) atoms. The largest absolute Gasteiger partial charge is 0.478 e. The third-order valence-electron chi connectivity index (χ3n) is 4.10. The molecular weight excluding hydrogens is 250 g/mol. The van der Waals surface area contributed by atoms with Gasteiger partial charge in [-0.1, -0.05) is 39.3 Å². The maximum absolute atomic E-state index is 10.8. The summed E-state index contributed by atoms with van der Waals surface area (Å²) in [6.45, 7) is 7.64. The van der Waals surface area contributed by atoms with Crippen molar-refractivity contribution in [3.8, 4) is 0 Å². The van der Waals surface area contributed by atoms with Gasteiger partial charge in [-0.15, -0.1) is 0 Å². The summed E-state index contributed by atoms with van der Waals surface area (Å²) in [5, 5.41) is 8.90. The molecule has 0 aliphatic carbocycles. The molecule has 3 nitrogen and oxygen atoms in total. The van der Waals surface area contributed by atoms with Gasteiger partial charge in [0.25, 0.3) is 0 Å². The van der Waals surface area contributed by atoms with Crippen molar-refractivity contribution in [3.63, 3.8) is 0 Å². The Morgan fingerprint density at radius 2 is 1.80 bits per heavy atom. The molecule has 0 aliphatic rings. The first-order chi connectivity index (χ1) is 9.47. The molecule has 0 bridgehead atoms. The number of carboxylic acids is 1. The molecule has 0 radical (unpaired) electrons. The number of hydrogen-bond acceptors (Lipinski definition) is 2. The van der Waals surface area contributed by atoms with Gasteiger partial charge in [0.1, 0.15) is 0 Å². The summed E-state index contributed by atoms with van der Waals surface area (Å²) in [7, 11) is 2.15. The highest BCUT2D eigenvalue weighted by molar-refractivity contribution is 5.87. The number of hydrogen-bond donors (Lipinski definition) is 1. The van der Waals surface area contributed by atoms with E-state index in [1.165, 1.54) is 18.4 Å². The smallest absolute Gasteiger partial charge is 0.335 e. The molecule has 1 rings (SSSR count). The van der Waals surface area contributed by atoms with Crippen LogP contribution in [-0.2, 0) is 6.54 Å². The molecular formula is C17H27NO2. The summed E-state index contributed by atoms with van der Waals surface area (Å²) in [5.41, 5.74) is 1.52. The van der Waals surface area contributed by atoms with Crippen molar-refractivity contribution in [2.24, 2.45) is 5.92 Å². The van der Waals surface area contributed by atoms with Crippen LogP contribution in [0.4, 0.5) is 0 Å². The van der Waals surface area contributed by atoms with Gasteiger partial charge in [0.2, 0.25) is 0 Å². The first-order valence-corrected chi connectivity index (χ1v) is 7.50. The Kier molecular flexibility index (Phi) is 6.73. The van der Waals surface area contributed by atoms with Crippen LogP contribution in [0.2, 0.25) is 0 Å². The fraction of sp³-hybridized carbons (Fsp3) is 0.588. The highest BCUT2D eigenvalue weighted by Crippen LogP contribution is 2.18. The summed E-state index contributed by atoms with van der Waals surface area (Å²) >= 11 is 0. The number of nitrogens with zero attached hydrogens (tertiary/aromatic N) is 1. The van der Waals surface area contributed by atoms with Crippen LogP contribution in [-0.4, -0.2) is 29.1 Å². The van der Waals surface area contributed by atoms with Gasteiger partial charge in [-0.2, -0.15) is 0 Å². The van der Waals surface area contributed by atoms with Crippen molar-refractivity contribution in [3.05, 3.63) is 35.4 Å². The molecule has 0 fully saturated rings. The molecule has 0 saturated heterocycles. The van der Waals surface area contributed by atoms with Crippen molar-refractivity contribution in [1.29, 1.82) is 0 Å². The van der Waals surface area contributed by atoms with Crippen LogP contribution in [0.3, 0.4) is 0 Å². The van der Waals surface area contributed by atoms with Crippen molar-refractivity contribution in [2.75, 3.05) is 7.05 Å². The van der Waals surface area contributed by atoms with E-state index in [9.17, 15) is 4.79 Å². The molecule has 112 valence electrons. The van der Waals surface area contributed by atoms with Crippen molar-refractivity contribution in [1.82, 2.24) is 4.90 Å². The Morgan fingerprint density at radius 3 is 2.25 bits per heavy atom. The van der Waals surface area contributed by atoms with Crippen LogP contribution < -0.4 is 0 Å². The molecule has 0 aromatic heterocycles. The number of benzene rings is 1. The zero-order valence-corrected chi connectivity index (χ0v) is 13.1. The van der Waals surface area contributed by atoms with Gasteiger partial charge in [0.05, 0.1) is 5.56 Å². The van der Waals surface area contributed by atoms with Crippen molar-refractivity contribution in [2.45, 2.75) is 52.6 Å². The lowest BCUT2D eigenvalue weighted by atomic mass is 9.96. The van der Waals surface area contributed by atoms with E-state index in [-0.39, 0.29) is 0 Å². The summed E-state index contributed by atoms with van der Waals surface area (Å²) < 4.78 is 0. The molecule has 1 aromatic rings. The molecule has 0 aliphatic heterocycles. The van der Waals surface area contributed by atoms with E-state index in [4.69, 9.17) is 5.11 Å². The van der Waals surface area contributed by atoms with Crippen LogP contribution in [0, 0.1) is 5.92 Å². The minimum absolute atomic E-state index is 0.350. The fourth-order valence-electron chi connectivity index (χ4n) is 2.46. The Bertz CT molecular complexity index is 414. The van der Waals surface area contributed by atoms with E-state index in [2.05, 4.69) is 32.7 Å². The van der Waals surface area contributed by atoms with Gasteiger partial charge in [0, 0.05) is 12.6 Å². The van der Waals surface area contributed by atoms with Gasteiger partial charge in [-0.05, 0) is 43.5 Å². The zero-order valence-electron chi connectivity index (χ0n) is 13.1. The lowest BCUT2D eigenvalue weighted by Gasteiger charge is -2.29. The fourth-order valence-corrected chi connectivity index (χ4v) is 2.46. The van der Waals surface area contributed by atoms with Crippen molar-refractivity contribution >= 4 is 5.97 Å². The number of aromatic carboxylic acids is 1. The average Bonchev–Trinajstić information content (AvgIpc) is 2.44. The first kappa shape index (κ1) is 16.7. The molecule has 0 spiro atoms. The highest BCUT2D eigenvalue weighted by Gasteiger charge is 2.15. The SMILES string of the molecule is CCC(C)CC(CC)N(C)Cc1ccc(C(=O)O)cc1. The van der Waals surface area contributed by atoms with Crippen LogP contribution in [0.5, 0.6) is 0 Å². The van der Waals surface area contributed by atoms with Gasteiger partial charge in [-0.25, -0.2) is 4.79 Å². The van der Waals surface area contributed by atoms with E-state index in [1.54, 1.807) is 12.1 Å². The summed E-state index contributed by atoms with van der Waals surface area (Å²) in [5.74, 6) is -0.120. The van der Waals surface area contributed by atoms with E-state index in [0.29, 0.717) is 11.6 Å². The van der Waals surface area contributed by atoms with Crippen LogP contribution in [0.25, 0.3) is 0 Å². The van der Waals surface area contributed by atoms with Gasteiger partial charge in [0.15, 0.2) is 0 Å². The van der Waals surface area contributed by atoms with E-state index < -0.39 is 5.97 Å². The zero-order chi connectivity index (χ0) is 15.1. The topological polar surface area (TPSA) is 40.5 Å². The minimum atomic E-state index is -0.867. The quantitative estimate of drug-likeness (QED) is 0.780. The summed E-state index contributed by atoms with van der Waals surface area (Å²) in [6.07, 6.45) is 3.59. The van der Waals surface area contributed by atoms with E-state index >= 15 is 0 Å². The van der Waals surface area contributed by atoms with Crippen LogP contribution in [0.15, 0.2) is 24.3 Å². The monoisotopic (exact) mass is 277 g/mol. The van der Waals surface area contributed by atoms with E-state index in [0.717, 1.165) is 18.9 Å². The molecule has 0 heterocycles. The predicted molar refractivity (Wildman–Crippen MR) is 83.0 cm³/mol. The second kappa shape index (κ2) is 8.05. The lowest BCUT2D eigenvalue weighted by Crippen LogP contribution is -2.32. The van der Waals surface area contributed by atoms with Gasteiger partial charge >= 0.3 is 5.97 Å². The maximum Gasteiger partial charge on any atom is 0.335 e. The molecule has 0 amide bonds. The molecule has 2 unspecified atom stereocenters. The minimum Gasteiger partial charge on any atom is -0.478 e. The Balaban J connectivity index is 2.63. The van der Waals surface area contributed by atoms with Crippen molar-refractivity contribution < 1.29 is 9.90 Å². The molecule has 0 saturated carbocycles. The van der Waals surface area contributed by atoms with Gasteiger partial charge < -0.3 is 5.11 Å². The Hall–Kier alpha value is -1.35. The molecule has 2 atom stereocenters. The number of rotatable bonds is 8. The Labute approximate surface area is 122 Å². The molecule has 3 heteroatoms. The first-order valence-electron chi connectivity index (χ1n) is 7.50. The highest BCUT2D eigenvalue weighted by atomic mass is 16.4. The number of carboxylic acid groups (broad SMARTS) is 1. The third-order valence-corrected chi connectivity index (χ3v) is 4.10.